The molecule has 1 saturated heterocycles. The Morgan fingerprint density at radius 3 is 2.95 bits per heavy atom. The Kier molecular flexibility index (Phi) is 4.68. The number of rotatable bonds is 3. The molecular weight excluding hydrogens is 260 g/mol. The van der Waals surface area contributed by atoms with Gasteiger partial charge >= 0.3 is 0 Å². The van der Waals surface area contributed by atoms with E-state index >= 15 is 0 Å². The molecule has 2 atom stereocenters. The standard InChI is InChI=1S/C15H19ClN2O/c1-11-5-6-18(10-15(11)19-2)14-4-3-12(8-16)7-13(14)9-17/h3-4,7,11,15H,5-6,8,10H2,1-2H3. The molecule has 1 aliphatic rings. The molecule has 0 radical (unpaired) electrons. The van der Waals surface area contributed by atoms with Crippen molar-refractivity contribution in [1.82, 2.24) is 0 Å². The van der Waals surface area contributed by atoms with Crippen molar-refractivity contribution in [2.45, 2.75) is 25.3 Å². The maximum Gasteiger partial charge on any atom is 0.101 e. The Labute approximate surface area is 119 Å². The topological polar surface area (TPSA) is 36.3 Å². The van der Waals surface area contributed by atoms with E-state index in [9.17, 15) is 5.26 Å². The molecule has 1 aliphatic heterocycles. The molecule has 0 spiro atoms. The van der Waals surface area contributed by atoms with Gasteiger partial charge < -0.3 is 9.64 Å². The van der Waals surface area contributed by atoms with Gasteiger partial charge in [-0.05, 0) is 30.0 Å². The van der Waals surface area contributed by atoms with Gasteiger partial charge in [-0.3, -0.25) is 0 Å². The van der Waals surface area contributed by atoms with Crippen LogP contribution in [0.1, 0.15) is 24.5 Å². The minimum atomic E-state index is 0.230. The highest BCUT2D eigenvalue weighted by atomic mass is 35.5. The van der Waals surface area contributed by atoms with Crippen LogP contribution >= 0.6 is 11.6 Å². The van der Waals surface area contributed by atoms with Crippen LogP contribution in [0.4, 0.5) is 5.69 Å². The average molecular weight is 279 g/mol. The Morgan fingerprint density at radius 1 is 1.53 bits per heavy atom. The molecule has 1 heterocycles. The molecule has 19 heavy (non-hydrogen) atoms. The van der Waals surface area contributed by atoms with Crippen LogP contribution < -0.4 is 4.90 Å². The zero-order valence-corrected chi connectivity index (χ0v) is 12.2. The minimum absolute atomic E-state index is 0.230. The molecule has 3 nitrogen and oxygen atoms in total. The van der Waals surface area contributed by atoms with Crippen LogP contribution in [-0.4, -0.2) is 26.3 Å². The molecule has 0 aromatic heterocycles. The van der Waals surface area contributed by atoms with E-state index in [0.29, 0.717) is 17.4 Å². The summed E-state index contributed by atoms with van der Waals surface area (Å²) in [4.78, 5) is 2.24. The largest absolute Gasteiger partial charge is 0.379 e. The zero-order chi connectivity index (χ0) is 13.8. The number of piperidine rings is 1. The van der Waals surface area contributed by atoms with E-state index in [-0.39, 0.29) is 6.10 Å². The first kappa shape index (κ1) is 14.2. The highest BCUT2D eigenvalue weighted by Crippen LogP contribution is 2.28. The minimum Gasteiger partial charge on any atom is -0.379 e. The van der Waals surface area contributed by atoms with Crippen LogP contribution in [0.2, 0.25) is 0 Å². The second-order valence-electron chi connectivity index (χ2n) is 5.08. The van der Waals surface area contributed by atoms with E-state index in [0.717, 1.165) is 30.8 Å². The molecule has 0 aliphatic carbocycles. The van der Waals surface area contributed by atoms with Crippen molar-refractivity contribution < 1.29 is 4.74 Å². The first-order valence-corrected chi connectivity index (χ1v) is 7.09. The van der Waals surface area contributed by atoms with Gasteiger partial charge in [0.2, 0.25) is 0 Å². The van der Waals surface area contributed by atoms with E-state index in [4.69, 9.17) is 16.3 Å². The zero-order valence-electron chi connectivity index (χ0n) is 11.4. The van der Waals surface area contributed by atoms with Gasteiger partial charge in [-0.15, -0.1) is 11.6 Å². The average Bonchev–Trinajstić information content (AvgIpc) is 2.47. The summed E-state index contributed by atoms with van der Waals surface area (Å²) in [6.07, 6.45) is 1.31. The fourth-order valence-corrected chi connectivity index (χ4v) is 2.76. The third-order valence-corrected chi connectivity index (χ3v) is 4.18. The number of benzene rings is 1. The summed E-state index contributed by atoms with van der Waals surface area (Å²) in [5.41, 5.74) is 2.67. The summed E-state index contributed by atoms with van der Waals surface area (Å²) in [5, 5.41) is 9.29. The van der Waals surface area contributed by atoms with Crippen LogP contribution in [0.15, 0.2) is 18.2 Å². The third-order valence-electron chi connectivity index (χ3n) is 3.87. The van der Waals surface area contributed by atoms with Crippen LogP contribution in [0.3, 0.4) is 0 Å². The van der Waals surface area contributed by atoms with Crippen molar-refractivity contribution in [3.8, 4) is 6.07 Å². The first-order valence-electron chi connectivity index (χ1n) is 6.56. The number of alkyl halides is 1. The Morgan fingerprint density at radius 2 is 2.32 bits per heavy atom. The number of ether oxygens (including phenoxy) is 1. The molecule has 0 amide bonds. The lowest BCUT2D eigenvalue weighted by molar-refractivity contribution is 0.0498. The summed E-state index contributed by atoms with van der Waals surface area (Å²) in [5.74, 6) is 1.00. The SMILES string of the molecule is COC1CN(c2ccc(CCl)cc2C#N)CCC1C. The summed E-state index contributed by atoms with van der Waals surface area (Å²) in [6.45, 7) is 4.02. The van der Waals surface area contributed by atoms with Crippen molar-refractivity contribution in [2.24, 2.45) is 5.92 Å². The van der Waals surface area contributed by atoms with Crippen molar-refractivity contribution in [3.05, 3.63) is 29.3 Å². The van der Waals surface area contributed by atoms with E-state index < -0.39 is 0 Å². The van der Waals surface area contributed by atoms with Gasteiger partial charge in [-0.2, -0.15) is 5.26 Å². The molecular formula is C15H19ClN2O. The lowest BCUT2D eigenvalue weighted by Crippen LogP contribution is -2.44. The van der Waals surface area contributed by atoms with Crippen LogP contribution in [0, 0.1) is 17.2 Å². The van der Waals surface area contributed by atoms with E-state index in [1.165, 1.54) is 0 Å². The molecule has 2 rings (SSSR count). The molecule has 4 heteroatoms. The van der Waals surface area contributed by atoms with Gasteiger partial charge in [0.25, 0.3) is 0 Å². The van der Waals surface area contributed by atoms with Crippen LogP contribution in [0.25, 0.3) is 0 Å². The highest BCUT2D eigenvalue weighted by Gasteiger charge is 2.27. The van der Waals surface area contributed by atoms with Crippen molar-refractivity contribution in [2.75, 3.05) is 25.1 Å². The fourth-order valence-electron chi connectivity index (χ4n) is 2.59. The molecule has 2 unspecified atom stereocenters. The fraction of sp³-hybridized carbons (Fsp3) is 0.533. The second-order valence-corrected chi connectivity index (χ2v) is 5.35. The molecule has 102 valence electrons. The molecule has 0 N–H and O–H groups in total. The normalized spacial score (nSPS) is 23.2. The quantitative estimate of drug-likeness (QED) is 0.797. The number of nitriles is 1. The van der Waals surface area contributed by atoms with Crippen molar-refractivity contribution >= 4 is 17.3 Å². The lowest BCUT2D eigenvalue weighted by Gasteiger charge is -2.38. The van der Waals surface area contributed by atoms with Gasteiger partial charge in [-0.1, -0.05) is 13.0 Å². The van der Waals surface area contributed by atoms with Gasteiger partial charge in [0.1, 0.15) is 6.07 Å². The molecule has 1 aromatic carbocycles. The highest BCUT2D eigenvalue weighted by molar-refractivity contribution is 6.17. The Bertz CT molecular complexity index is 484. The summed E-state index contributed by atoms with van der Waals surface area (Å²) < 4.78 is 5.53. The number of halogens is 1. The summed E-state index contributed by atoms with van der Waals surface area (Å²) >= 11 is 5.82. The van der Waals surface area contributed by atoms with Crippen molar-refractivity contribution in [1.29, 1.82) is 5.26 Å². The molecule has 0 bridgehead atoms. The second kappa shape index (κ2) is 6.27. The predicted molar refractivity (Wildman–Crippen MR) is 77.5 cm³/mol. The number of hydrogen-bond acceptors (Lipinski definition) is 3. The third kappa shape index (κ3) is 3.02. The first-order chi connectivity index (χ1) is 9.19. The van der Waals surface area contributed by atoms with Gasteiger partial charge in [0.15, 0.2) is 0 Å². The maximum atomic E-state index is 9.29. The van der Waals surface area contributed by atoms with E-state index in [2.05, 4.69) is 17.9 Å². The monoisotopic (exact) mass is 278 g/mol. The van der Waals surface area contributed by atoms with Crippen molar-refractivity contribution in [3.63, 3.8) is 0 Å². The number of nitrogens with zero attached hydrogens (tertiary/aromatic N) is 2. The van der Waals surface area contributed by atoms with Gasteiger partial charge in [0.05, 0.1) is 17.4 Å². The predicted octanol–water partition coefficient (Wildman–Crippen LogP) is 3.16. The number of anilines is 1. The molecule has 0 saturated carbocycles. The lowest BCUT2D eigenvalue weighted by atomic mass is 9.94. The summed E-state index contributed by atoms with van der Waals surface area (Å²) in [7, 11) is 1.76. The number of methoxy groups -OCH3 is 1. The van der Waals surface area contributed by atoms with Crippen LogP contribution in [-0.2, 0) is 10.6 Å². The Hall–Kier alpha value is -1.24. The van der Waals surface area contributed by atoms with E-state index in [1.807, 2.05) is 18.2 Å². The molecule has 1 fully saturated rings. The van der Waals surface area contributed by atoms with Crippen LogP contribution in [0.5, 0.6) is 0 Å². The van der Waals surface area contributed by atoms with Gasteiger partial charge in [0, 0.05) is 26.1 Å². The smallest absolute Gasteiger partial charge is 0.101 e. The number of hydrogen-bond donors (Lipinski definition) is 0. The van der Waals surface area contributed by atoms with E-state index in [1.54, 1.807) is 7.11 Å². The summed E-state index contributed by atoms with van der Waals surface area (Å²) in [6, 6.07) is 8.14. The van der Waals surface area contributed by atoms with Gasteiger partial charge in [-0.25, -0.2) is 0 Å². The maximum absolute atomic E-state index is 9.29. The molecule has 1 aromatic rings. The Balaban J connectivity index is 2.25.